The second-order valence-electron chi connectivity index (χ2n) is 4.56. The molecule has 0 aromatic heterocycles. The first-order chi connectivity index (χ1) is 7.36. The number of aryl methyl sites for hydroxylation is 2. The molecule has 1 rings (SSSR count). The predicted octanol–water partition coefficient (Wildman–Crippen LogP) is 2.67. The maximum absolute atomic E-state index is 11.5. The van der Waals surface area contributed by atoms with Gasteiger partial charge in [-0.1, -0.05) is 17.7 Å². The quantitative estimate of drug-likeness (QED) is 0.797. The van der Waals surface area contributed by atoms with Crippen LogP contribution in [-0.2, 0) is 9.53 Å². The molecule has 0 amide bonds. The summed E-state index contributed by atoms with van der Waals surface area (Å²) >= 11 is 0. The summed E-state index contributed by atoms with van der Waals surface area (Å²) in [5, 5.41) is 3.19. The van der Waals surface area contributed by atoms with Gasteiger partial charge in [-0.05, 0) is 39.3 Å². The first-order valence-corrected chi connectivity index (χ1v) is 5.30. The van der Waals surface area contributed by atoms with E-state index < -0.39 is 5.54 Å². The van der Waals surface area contributed by atoms with Crippen LogP contribution >= 0.6 is 0 Å². The van der Waals surface area contributed by atoms with E-state index in [1.165, 1.54) is 12.7 Å². The van der Waals surface area contributed by atoms with Gasteiger partial charge in [0.05, 0.1) is 7.11 Å². The average molecular weight is 221 g/mol. The first-order valence-electron chi connectivity index (χ1n) is 5.30. The molecule has 1 aromatic rings. The molecular formula is C13H19NO2. The van der Waals surface area contributed by atoms with E-state index in [4.69, 9.17) is 4.74 Å². The summed E-state index contributed by atoms with van der Waals surface area (Å²) in [5.74, 6) is -0.271. The SMILES string of the molecule is COC(=O)C(C)(C)Nc1ccc(C)cc1C. The van der Waals surface area contributed by atoms with Gasteiger partial charge in [0.2, 0.25) is 0 Å². The summed E-state index contributed by atoms with van der Waals surface area (Å²) in [4.78, 5) is 11.5. The van der Waals surface area contributed by atoms with Gasteiger partial charge < -0.3 is 10.1 Å². The van der Waals surface area contributed by atoms with Crippen LogP contribution in [0.1, 0.15) is 25.0 Å². The highest BCUT2D eigenvalue weighted by molar-refractivity contribution is 5.83. The van der Waals surface area contributed by atoms with Crippen LogP contribution in [0.5, 0.6) is 0 Å². The molecule has 0 atom stereocenters. The van der Waals surface area contributed by atoms with Crippen LogP contribution in [0.4, 0.5) is 5.69 Å². The number of hydrogen-bond donors (Lipinski definition) is 1. The van der Waals surface area contributed by atoms with Crippen molar-refractivity contribution >= 4 is 11.7 Å². The molecule has 0 aliphatic carbocycles. The minimum absolute atomic E-state index is 0.271. The fraction of sp³-hybridized carbons (Fsp3) is 0.462. The zero-order valence-electron chi connectivity index (χ0n) is 10.5. The monoisotopic (exact) mass is 221 g/mol. The number of ether oxygens (including phenoxy) is 1. The van der Waals surface area contributed by atoms with Crippen LogP contribution in [0.15, 0.2) is 18.2 Å². The topological polar surface area (TPSA) is 38.3 Å². The van der Waals surface area contributed by atoms with Crippen LogP contribution in [0, 0.1) is 13.8 Å². The molecule has 3 heteroatoms. The third-order valence-corrected chi connectivity index (χ3v) is 2.52. The predicted molar refractivity (Wildman–Crippen MR) is 65.6 cm³/mol. The highest BCUT2D eigenvalue weighted by Gasteiger charge is 2.28. The maximum Gasteiger partial charge on any atom is 0.330 e. The molecule has 0 bridgehead atoms. The molecular weight excluding hydrogens is 202 g/mol. The molecule has 0 radical (unpaired) electrons. The fourth-order valence-corrected chi connectivity index (χ4v) is 1.60. The van der Waals surface area contributed by atoms with Crippen LogP contribution in [0.3, 0.4) is 0 Å². The Morgan fingerprint density at radius 2 is 1.94 bits per heavy atom. The lowest BCUT2D eigenvalue weighted by Crippen LogP contribution is -2.41. The van der Waals surface area contributed by atoms with Gasteiger partial charge in [-0.25, -0.2) is 4.79 Å². The van der Waals surface area contributed by atoms with Crippen molar-refractivity contribution in [2.75, 3.05) is 12.4 Å². The van der Waals surface area contributed by atoms with E-state index >= 15 is 0 Å². The Balaban J connectivity index is 2.92. The number of carbonyl (C=O) groups is 1. The zero-order chi connectivity index (χ0) is 12.3. The van der Waals surface area contributed by atoms with E-state index in [1.54, 1.807) is 13.8 Å². The second-order valence-corrected chi connectivity index (χ2v) is 4.56. The molecule has 1 N–H and O–H groups in total. The highest BCUT2D eigenvalue weighted by atomic mass is 16.5. The Kier molecular flexibility index (Phi) is 3.58. The second kappa shape index (κ2) is 4.56. The van der Waals surface area contributed by atoms with E-state index in [0.29, 0.717) is 0 Å². The lowest BCUT2D eigenvalue weighted by Gasteiger charge is -2.25. The van der Waals surface area contributed by atoms with Gasteiger partial charge in [0, 0.05) is 5.69 Å². The van der Waals surface area contributed by atoms with Crippen molar-refractivity contribution in [1.29, 1.82) is 0 Å². The number of anilines is 1. The highest BCUT2D eigenvalue weighted by Crippen LogP contribution is 2.21. The standard InChI is InChI=1S/C13H19NO2/c1-9-6-7-11(10(2)8-9)14-13(3,4)12(15)16-5/h6-8,14H,1-5H3. The number of methoxy groups -OCH3 is 1. The van der Waals surface area contributed by atoms with Gasteiger partial charge in [0.1, 0.15) is 5.54 Å². The van der Waals surface area contributed by atoms with Gasteiger partial charge in [0.15, 0.2) is 0 Å². The number of carbonyl (C=O) groups excluding carboxylic acids is 1. The van der Waals surface area contributed by atoms with Crippen molar-refractivity contribution in [3.63, 3.8) is 0 Å². The van der Waals surface area contributed by atoms with Crippen LogP contribution in [0.2, 0.25) is 0 Å². The molecule has 0 spiro atoms. The summed E-state index contributed by atoms with van der Waals surface area (Å²) in [6.45, 7) is 7.67. The minimum atomic E-state index is -0.714. The molecule has 0 saturated heterocycles. The Morgan fingerprint density at radius 1 is 1.31 bits per heavy atom. The zero-order valence-corrected chi connectivity index (χ0v) is 10.5. The number of hydrogen-bond acceptors (Lipinski definition) is 3. The van der Waals surface area contributed by atoms with Crippen molar-refractivity contribution in [2.45, 2.75) is 33.2 Å². The molecule has 0 heterocycles. The summed E-state index contributed by atoms with van der Waals surface area (Å²) in [5.41, 5.74) is 2.58. The smallest absolute Gasteiger partial charge is 0.330 e. The number of rotatable bonds is 3. The third-order valence-electron chi connectivity index (χ3n) is 2.52. The van der Waals surface area contributed by atoms with Crippen LogP contribution in [-0.4, -0.2) is 18.6 Å². The lowest BCUT2D eigenvalue weighted by molar-refractivity contribution is -0.144. The van der Waals surface area contributed by atoms with Gasteiger partial charge in [0.25, 0.3) is 0 Å². The Bertz CT molecular complexity index is 397. The largest absolute Gasteiger partial charge is 0.467 e. The van der Waals surface area contributed by atoms with Crippen molar-refractivity contribution in [3.05, 3.63) is 29.3 Å². The molecule has 0 aliphatic rings. The summed E-state index contributed by atoms with van der Waals surface area (Å²) in [6, 6.07) is 6.08. The molecule has 0 aliphatic heterocycles. The molecule has 88 valence electrons. The first kappa shape index (κ1) is 12.6. The van der Waals surface area contributed by atoms with E-state index in [0.717, 1.165) is 11.3 Å². The molecule has 0 fully saturated rings. The van der Waals surface area contributed by atoms with Crippen molar-refractivity contribution in [2.24, 2.45) is 0 Å². The molecule has 1 aromatic carbocycles. The number of nitrogens with one attached hydrogen (secondary N) is 1. The normalized spacial score (nSPS) is 11.1. The van der Waals surface area contributed by atoms with E-state index in [9.17, 15) is 4.79 Å². The molecule has 16 heavy (non-hydrogen) atoms. The number of esters is 1. The average Bonchev–Trinajstić information content (AvgIpc) is 2.21. The summed E-state index contributed by atoms with van der Waals surface area (Å²) < 4.78 is 4.75. The number of benzene rings is 1. The minimum Gasteiger partial charge on any atom is -0.467 e. The van der Waals surface area contributed by atoms with Gasteiger partial charge in [-0.3, -0.25) is 0 Å². The third kappa shape index (κ3) is 2.75. The van der Waals surface area contributed by atoms with E-state index in [-0.39, 0.29) is 5.97 Å². The van der Waals surface area contributed by atoms with Gasteiger partial charge >= 0.3 is 5.97 Å². The van der Waals surface area contributed by atoms with Gasteiger partial charge in [-0.15, -0.1) is 0 Å². The van der Waals surface area contributed by atoms with Crippen molar-refractivity contribution in [1.82, 2.24) is 0 Å². The molecule has 0 saturated carbocycles. The Labute approximate surface area is 96.8 Å². The van der Waals surface area contributed by atoms with E-state index in [2.05, 4.69) is 11.4 Å². The molecule has 0 unspecified atom stereocenters. The van der Waals surface area contributed by atoms with Crippen LogP contribution < -0.4 is 5.32 Å². The fourth-order valence-electron chi connectivity index (χ4n) is 1.60. The van der Waals surface area contributed by atoms with E-state index in [1.807, 2.05) is 26.0 Å². The van der Waals surface area contributed by atoms with Crippen LogP contribution in [0.25, 0.3) is 0 Å². The summed E-state index contributed by atoms with van der Waals surface area (Å²) in [7, 11) is 1.40. The Hall–Kier alpha value is -1.51. The van der Waals surface area contributed by atoms with Gasteiger partial charge in [-0.2, -0.15) is 0 Å². The maximum atomic E-state index is 11.5. The van der Waals surface area contributed by atoms with Crippen molar-refractivity contribution < 1.29 is 9.53 Å². The molecule has 3 nitrogen and oxygen atoms in total. The Morgan fingerprint density at radius 3 is 2.44 bits per heavy atom. The lowest BCUT2D eigenvalue weighted by atomic mass is 10.0. The summed E-state index contributed by atoms with van der Waals surface area (Å²) in [6.07, 6.45) is 0. The van der Waals surface area contributed by atoms with Crippen molar-refractivity contribution in [3.8, 4) is 0 Å².